The van der Waals surface area contributed by atoms with Gasteiger partial charge in [-0.3, -0.25) is 9.52 Å². The lowest BCUT2D eigenvalue weighted by Crippen LogP contribution is -2.33. The molecule has 1 aromatic rings. The van der Waals surface area contributed by atoms with Crippen LogP contribution in [0.15, 0.2) is 24.3 Å². The van der Waals surface area contributed by atoms with Gasteiger partial charge in [-0.1, -0.05) is 44.5 Å². The first-order valence-corrected chi connectivity index (χ1v) is 9.38. The topological polar surface area (TPSA) is 63.2 Å². The fraction of sp³-hybridized carbons (Fsp3) is 0.562. The number of hydrogen-bond donors (Lipinski definition) is 1. The van der Waals surface area contributed by atoms with E-state index < -0.39 is 15.9 Å². The zero-order valence-electron chi connectivity index (χ0n) is 13.4. The lowest BCUT2D eigenvalue weighted by Gasteiger charge is -2.17. The van der Waals surface area contributed by atoms with Crippen LogP contribution in [-0.4, -0.2) is 20.1 Å². The molecule has 22 heavy (non-hydrogen) atoms. The molecular weight excluding hydrogens is 322 g/mol. The summed E-state index contributed by atoms with van der Waals surface area (Å²) in [5, 5.41) is 0.673. The van der Waals surface area contributed by atoms with Gasteiger partial charge in [-0.15, -0.1) is 0 Å². The highest BCUT2D eigenvalue weighted by molar-refractivity contribution is 7.90. The minimum absolute atomic E-state index is 0.0283. The van der Waals surface area contributed by atoms with E-state index in [0.29, 0.717) is 24.3 Å². The van der Waals surface area contributed by atoms with E-state index in [0.717, 1.165) is 5.56 Å². The van der Waals surface area contributed by atoms with Crippen LogP contribution in [0.3, 0.4) is 0 Å². The lowest BCUT2D eigenvalue weighted by atomic mass is 9.94. The van der Waals surface area contributed by atoms with Crippen LogP contribution < -0.4 is 4.72 Å². The van der Waals surface area contributed by atoms with Gasteiger partial charge in [0.25, 0.3) is 0 Å². The molecule has 4 nitrogen and oxygen atoms in total. The van der Waals surface area contributed by atoms with Crippen LogP contribution in [0.25, 0.3) is 0 Å². The van der Waals surface area contributed by atoms with Crippen molar-refractivity contribution in [2.75, 3.05) is 5.75 Å². The summed E-state index contributed by atoms with van der Waals surface area (Å²) in [5.74, 6) is -0.470. The van der Waals surface area contributed by atoms with Gasteiger partial charge in [0, 0.05) is 11.4 Å². The van der Waals surface area contributed by atoms with Crippen molar-refractivity contribution in [3.63, 3.8) is 0 Å². The van der Waals surface area contributed by atoms with E-state index in [2.05, 4.69) is 4.72 Å². The quantitative estimate of drug-likeness (QED) is 0.822. The lowest BCUT2D eigenvalue weighted by molar-refractivity contribution is -0.119. The van der Waals surface area contributed by atoms with Crippen molar-refractivity contribution in [1.82, 2.24) is 4.72 Å². The Kier molecular flexibility index (Phi) is 6.88. The molecule has 1 rings (SSSR count). The number of carbonyl (C=O) groups is 1. The number of amides is 1. The van der Waals surface area contributed by atoms with Gasteiger partial charge < -0.3 is 0 Å². The van der Waals surface area contributed by atoms with Crippen molar-refractivity contribution >= 4 is 27.5 Å². The smallest absolute Gasteiger partial charge is 0.234 e. The normalized spacial score (nSPS) is 12.2. The molecule has 0 heterocycles. The monoisotopic (exact) mass is 345 g/mol. The fourth-order valence-electron chi connectivity index (χ4n) is 1.82. The number of hydrogen-bond acceptors (Lipinski definition) is 3. The molecule has 6 heteroatoms. The second-order valence-electron chi connectivity index (χ2n) is 6.63. The van der Waals surface area contributed by atoms with Crippen LogP contribution in [0.1, 0.15) is 45.6 Å². The van der Waals surface area contributed by atoms with Crippen molar-refractivity contribution in [2.24, 2.45) is 5.41 Å². The van der Waals surface area contributed by atoms with Gasteiger partial charge in [0.05, 0.1) is 5.75 Å². The SMILES string of the molecule is CC(C)(C)CCS(=O)(=O)NC(=O)CCCc1ccc(Cl)cc1. The zero-order valence-corrected chi connectivity index (χ0v) is 14.9. The number of nitrogens with one attached hydrogen (secondary N) is 1. The molecule has 0 atom stereocenters. The first-order chi connectivity index (χ1) is 10.1. The number of carbonyl (C=O) groups excluding carboxylic acids is 1. The van der Waals surface area contributed by atoms with Crippen LogP contribution in [0, 0.1) is 5.41 Å². The van der Waals surface area contributed by atoms with Gasteiger partial charge >= 0.3 is 0 Å². The molecule has 1 N–H and O–H groups in total. The summed E-state index contributed by atoms with van der Waals surface area (Å²) in [6.07, 6.45) is 2.02. The van der Waals surface area contributed by atoms with Gasteiger partial charge in [-0.05, 0) is 42.4 Å². The molecule has 0 saturated heterocycles. The van der Waals surface area contributed by atoms with Crippen molar-refractivity contribution in [3.8, 4) is 0 Å². The number of aryl methyl sites for hydroxylation is 1. The number of halogens is 1. The van der Waals surface area contributed by atoms with Crippen LogP contribution in [0.5, 0.6) is 0 Å². The highest BCUT2D eigenvalue weighted by Crippen LogP contribution is 2.19. The van der Waals surface area contributed by atoms with Crippen molar-refractivity contribution in [1.29, 1.82) is 0 Å². The molecule has 0 aliphatic rings. The summed E-state index contributed by atoms with van der Waals surface area (Å²) < 4.78 is 25.8. The van der Waals surface area contributed by atoms with Gasteiger partial charge in [0.15, 0.2) is 0 Å². The van der Waals surface area contributed by atoms with E-state index in [1.165, 1.54) is 0 Å². The third kappa shape index (κ3) is 8.39. The van der Waals surface area contributed by atoms with Crippen molar-refractivity contribution in [3.05, 3.63) is 34.9 Å². The second kappa shape index (κ2) is 7.97. The summed E-state index contributed by atoms with van der Waals surface area (Å²) in [4.78, 5) is 11.7. The predicted octanol–water partition coefficient (Wildman–Crippen LogP) is 3.54. The summed E-state index contributed by atoms with van der Waals surface area (Å²) >= 11 is 5.80. The Balaban J connectivity index is 2.35. The molecule has 0 fully saturated rings. The van der Waals surface area contributed by atoms with Gasteiger partial charge in [-0.2, -0.15) is 0 Å². The van der Waals surface area contributed by atoms with Crippen LogP contribution in [0.4, 0.5) is 0 Å². The molecule has 1 aromatic carbocycles. The maximum absolute atomic E-state index is 11.8. The Morgan fingerprint density at radius 2 is 1.77 bits per heavy atom. The molecule has 0 spiro atoms. The van der Waals surface area contributed by atoms with Gasteiger partial charge in [0.1, 0.15) is 0 Å². The second-order valence-corrected chi connectivity index (χ2v) is 8.91. The molecule has 0 unspecified atom stereocenters. The maximum atomic E-state index is 11.8. The van der Waals surface area contributed by atoms with E-state index in [9.17, 15) is 13.2 Å². The maximum Gasteiger partial charge on any atom is 0.234 e. The first-order valence-electron chi connectivity index (χ1n) is 7.35. The van der Waals surface area contributed by atoms with E-state index in [1.54, 1.807) is 12.1 Å². The highest BCUT2D eigenvalue weighted by Gasteiger charge is 2.19. The van der Waals surface area contributed by atoms with Crippen molar-refractivity contribution < 1.29 is 13.2 Å². The Hall–Kier alpha value is -1.07. The molecule has 124 valence electrons. The molecular formula is C16H24ClNO3S. The summed E-state index contributed by atoms with van der Waals surface area (Å²) in [6, 6.07) is 7.41. The predicted molar refractivity (Wildman–Crippen MR) is 90.4 cm³/mol. The van der Waals surface area contributed by atoms with Gasteiger partial charge in [0.2, 0.25) is 15.9 Å². The largest absolute Gasteiger partial charge is 0.274 e. The molecule has 1 amide bonds. The van der Waals surface area contributed by atoms with Crippen molar-refractivity contribution in [2.45, 2.75) is 46.5 Å². The number of benzene rings is 1. The fourth-order valence-corrected chi connectivity index (χ4v) is 3.38. The molecule has 0 saturated carbocycles. The standard InChI is InChI=1S/C16H24ClNO3S/c1-16(2,3)11-12-22(20,21)18-15(19)6-4-5-13-7-9-14(17)10-8-13/h7-10H,4-6,11-12H2,1-3H3,(H,18,19). The average molecular weight is 346 g/mol. The highest BCUT2D eigenvalue weighted by atomic mass is 35.5. The third-order valence-corrected chi connectivity index (χ3v) is 4.70. The van der Waals surface area contributed by atoms with Crippen LogP contribution in [0.2, 0.25) is 5.02 Å². The first kappa shape index (κ1) is 19.0. The van der Waals surface area contributed by atoms with E-state index >= 15 is 0 Å². The summed E-state index contributed by atoms with van der Waals surface area (Å²) in [6.45, 7) is 5.91. The Labute approximate surface area is 138 Å². The molecule has 0 bridgehead atoms. The Morgan fingerprint density at radius 3 is 2.32 bits per heavy atom. The zero-order chi connectivity index (χ0) is 16.8. The summed E-state index contributed by atoms with van der Waals surface area (Å²) in [7, 11) is -3.53. The van der Waals surface area contributed by atoms with E-state index in [4.69, 9.17) is 11.6 Å². The molecule has 0 aromatic heterocycles. The van der Waals surface area contributed by atoms with E-state index in [-0.39, 0.29) is 17.6 Å². The van der Waals surface area contributed by atoms with Crippen LogP contribution >= 0.6 is 11.6 Å². The average Bonchev–Trinajstić information content (AvgIpc) is 2.38. The Morgan fingerprint density at radius 1 is 1.18 bits per heavy atom. The molecule has 0 radical (unpaired) electrons. The van der Waals surface area contributed by atoms with Crippen LogP contribution in [-0.2, 0) is 21.2 Å². The molecule has 0 aliphatic heterocycles. The molecule has 0 aliphatic carbocycles. The third-order valence-electron chi connectivity index (χ3n) is 3.17. The minimum Gasteiger partial charge on any atom is -0.274 e. The Bertz CT molecular complexity index is 589. The van der Waals surface area contributed by atoms with Gasteiger partial charge in [-0.25, -0.2) is 8.42 Å². The number of rotatable bonds is 7. The number of sulfonamides is 1. The minimum atomic E-state index is -3.53. The van der Waals surface area contributed by atoms with E-state index in [1.807, 2.05) is 32.9 Å². The summed E-state index contributed by atoms with van der Waals surface area (Å²) in [5.41, 5.74) is 1.000.